The first kappa shape index (κ1) is 24.8. The predicted octanol–water partition coefficient (Wildman–Crippen LogP) is 4.10. The van der Waals surface area contributed by atoms with E-state index in [1.165, 1.54) is 7.11 Å². The maximum absolute atomic E-state index is 12.6. The van der Waals surface area contributed by atoms with E-state index in [0.717, 1.165) is 16.7 Å². The van der Waals surface area contributed by atoms with Crippen LogP contribution in [-0.2, 0) is 14.9 Å². The topological polar surface area (TPSA) is 85.2 Å². The second-order valence-electron chi connectivity index (χ2n) is 9.02. The van der Waals surface area contributed by atoms with Crippen LogP contribution in [0, 0.1) is 5.92 Å². The monoisotopic (exact) mass is 476 g/mol. The maximum Gasteiger partial charge on any atom is 0.305 e. The lowest BCUT2D eigenvalue weighted by molar-refractivity contribution is -0.144. The molecule has 1 unspecified atom stereocenters. The van der Waals surface area contributed by atoms with Gasteiger partial charge in [-0.25, -0.2) is 0 Å². The quantitative estimate of drug-likeness (QED) is 0.376. The number of hydrogen-bond acceptors (Lipinski definition) is 6. The SMILES string of the molecule is COC(=O)CC1CC[C@](O)(C(c2ccccc2)(c2ccc(OC)cc2)c2ccc(OC)cc2)[C@H]1O. The van der Waals surface area contributed by atoms with Crippen LogP contribution in [0.25, 0.3) is 0 Å². The van der Waals surface area contributed by atoms with Gasteiger partial charge in [0.15, 0.2) is 0 Å². The van der Waals surface area contributed by atoms with Crippen molar-refractivity contribution in [2.75, 3.05) is 21.3 Å². The largest absolute Gasteiger partial charge is 0.497 e. The highest BCUT2D eigenvalue weighted by atomic mass is 16.5. The Balaban J connectivity index is 2.00. The van der Waals surface area contributed by atoms with Crippen molar-refractivity contribution in [1.82, 2.24) is 0 Å². The Morgan fingerprint density at radius 1 is 0.857 bits per heavy atom. The molecular weight excluding hydrogens is 444 g/mol. The average molecular weight is 477 g/mol. The first-order valence-corrected chi connectivity index (χ1v) is 11.7. The number of rotatable bonds is 8. The Morgan fingerprint density at radius 2 is 1.34 bits per heavy atom. The van der Waals surface area contributed by atoms with Gasteiger partial charge in [0, 0.05) is 0 Å². The van der Waals surface area contributed by atoms with E-state index in [2.05, 4.69) is 0 Å². The molecule has 6 nitrogen and oxygen atoms in total. The highest BCUT2D eigenvalue weighted by molar-refractivity contribution is 5.69. The minimum atomic E-state index is -1.61. The molecule has 0 radical (unpaired) electrons. The molecule has 184 valence electrons. The Labute approximate surface area is 206 Å². The van der Waals surface area contributed by atoms with Crippen molar-refractivity contribution >= 4 is 5.97 Å². The number of benzene rings is 3. The molecule has 3 aromatic rings. The van der Waals surface area contributed by atoms with Crippen LogP contribution < -0.4 is 9.47 Å². The lowest BCUT2D eigenvalue weighted by atomic mass is 9.57. The Kier molecular flexibility index (Phi) is 7.15. The van der Waals surface area contributed by atoms with Crippen molar-refractivity contribution in [3.8, 4) is 11.5 Å². The fraction of sp³-hybridized carbons (Fsp3) is 0.345. The highest BCUT2D eigenvalue weighted by Crippen LogP contribution is 2.56. The Morgan fingerprint density at radius 3 is 1.80 bits per heavy atom. The van der Waals surface area contributed by atoms with Crippen LogP contribution in [0.4, 0.5) is 0 Å². The third kappa shape index (κ3) is 4.17. The number of hydrogen-bond donors (Lipinski definition) is 2. The van der Waals surface area contributed by atoms with Crippen molar-refractivity contribution in [2.24, 2.45) is 5.92 Å². The third-order valence-electron chi connectivity index (χ3n) is 7.39. The molecule has 0 saturated heterocycles. The smallest absolute Gasteiger partial charge is 0.305 e. The van der Waals surface area contributed by atoms with Crippen LogP contribution in [0.2, 0.25) is 0 Å². The van der Waals surface area contributed by atoms with Gasteiger partial charge in [-0.3, -0.25) is 4.79 Å². The summed E-state index contributed by atoms with van der Waals surface area (Å²) in [7, 11) is 4.54. The number of esters is 1. The first-order valence-electron chi connectivity index (χ1n) is 11.7. The van der Waals surface area contributed by atoms with Crippen LogP contribution >= 0.6 is 0 Å². The lowest BCUT2D eigenvalue weighted by Crippen LogP contribution is -2.58. The molecule has 0 bridgehead atoms. The molecule has 35 heavy (non-hydrogen) atoms. The number of methoxy groups -OCH3 is 3. The van der Waals surface area contributed by atoms with E-state index in [9.17, 15) is 15.0 Å². The lowest BCUT2D eigenvalue weighted by Gasteiger charge is -2.49. The molecule has 1 saturated carbocycles. The Hall–Kier alpha value is -3.35. The highest BCUT2D eigenvalue weighted by Gasteiger charge is 2.62. The minimum Gasteiger partial charge on any atom is -0.497 e. The molecule has 1 fully saturated rings. The summed E-state index contributed by atoms with van der Waals surface area (Å²) >= 11 is 0. The van der Waals surface area contributed by atoms with Crippen molar-refractivity contribution < 1.29 is 29.2 Å². The van der Waals surface area contributed by atoms with Gasteiger partial charge in [0.2, 0.25) is 0 Å². The predicted molar refractivity (Wildman–Crippen MR) is 133 cm³/mol. The summed E-state index contributed by atoms with van der Waals surface area (Å²) in [5.41, 5.74) is -0.326. The first-order chi connectivity index (χ1) is 16.9. The molecule has 2 N–H and O–H groups in total. The van der Waals surface area contributed by atoms with Crippen molar-refractivity contribution in [1.29, 1.82) is 0 Å². The van der Waals surface area contributed by atoms with Crippen molar-refractivity contribution in [2.45, 2.75) is 36.4 Å². The normalized spacial score (nSPS) is 22.0. The Bertz CT molecular complexity index is 1080. The summed E-state index contributed by atoms with van der Waals surface area (Å²) in [5, 5.41) is 24.2. The summed E-state index contributed by atoms with van der Waals surface area (Å²) in [4.78, 5) is 12.1. The zero-order chi connectivity index (χ0) is 25.1. The maximum atomic E-state index is 12.6. The molecule has 0 aliphatic heterocycles. The van der Waals surface area contributed by atoms with E-state index in [4.69, 9.17) is 14.2 Å². The van der Waals surface area contributed by atoms with Gasteiger partial charge >= 0.3 is 5.97 Å². The van der Waals surface area contributed by atoms with Gasteiger partial charge in [0.1, 0.15) is 17.1 Å². The van der Waals surface area contributed by atoms with Crippen LogP contribution in [0.15, 0.2) is 78.9 Å². The molecule has 3 aromatic carbocycles. The molecular formula is C29H32O6. The zero-order valence-electron chi connectivity index (χ0n) is 20.3. The van der Waals surface area contributed by atoms with E-state index in [-0.39, 0.29) is 6.42 Å². The standard InChI is InChI=1S/C29H32O6/c1-33-24-13-9-22(10-14-24)29(21-7-5-4-6-8-21,23-11-15-25(34-2)16-12-23)28(32)18-17-20(27(28)31)19-26(30)35-3/h4-16,20,27,31-32H,17-19H2,1-3H3/t20?,27-,28+/m0/s1. The van der Waals surface area contributed by atoms with Gasteiger partial charge < -0.3 is 24.4 Å². The van der Waals surface area contributed by atoms with Crippen LogP contribution in [0.1, 0.15) is 36.0 Å². The van der Waals surface area contributed by atoms with Crippen molar-refractivity contribution in [3.63, 3.8) is 0 Å². The zero-order valence-corrected chi connectivity index (χ0v) is 20.3. The van der Waals surface area contributed by atoms with Gasteiger partial charge in [-0.2, -0.15) is 0 Å². The molecule has 1 aliphatic carbocycles. The second kappa shape index (κ2) is 10.1. The van der Waals surface area contributed by atoms with Gasteiger partial charge in [-0.05, 0) is 59.7 Å². The van der Waals surface area contributed by atoms with Crippen LogP contribution in [-0.4, -0.2) is 49.2 Å². The molecule has 6 heteroatoms. The molecule has 4 rings (SSSR count). The molecule has 0 heterocycles. The summed E-state index contributed by atoms with van der Waals surface area (Å²) in [6, 6.07) is 24.8. The number of aliphatic hydroxyl groups is 2. The number of carbonyl (C=O) groups excluding carboxylic acids is 1. The molecule has 3 atom stereocenters. The van der Waals surface area contributed by atoms with Crippen molar-refractivity contribution in [3.05, 3.63) is 95.6 Å². The van der Waals surface area contributed by atoms with E-state index < -0.39 is 29.0 Å². The molecule has 1 aliphatic rings. The van der Waals surface area contributed by atoms with Gasteiger partial charge in [0.25, 0.3) is 0 Å². The van der Waals surface area contributed by atoms with Gasteiger partial charge in [0.05, 0.1) is 39.3 Å². The van der Waals surface area contributed by atoms with E-state index in [1.807, 2.05) is 78.9 Å². The average Bonchev–Trinajstić information content (AvgIpc) is 3.19. The molecule has 0 aromatic heterocycles. The number of ether oxygens (including phenoxy) is 3. The van der Waals surface area contributed by atoms with E-state index in [1.54, 1.807) is 14.2 Å². The van der Waals surface area contributed by atoms with E-state index >= 15 is 0 Å². The summed E-state index contributed by atoms with van der Waals surface area (Å²) in [5.74, 6) is 0.533. The second-order valence-corrected chi connectivity index (χ2v) is 9.02. The van der Waals surface area contributed by atoms with E-state index in [0.29, 0.717) is 24.3 Å². The fourth-order valence-corrected chi connectivity index (χ4v) is 5.64. The number of aliphatic hydroxyl groups excluding tert-OH is 1. The number of carbonyl (C=O) groups is 1. The van der Waals surface area contributed by atoms with Crippen LogP contribution in [0.3, 0.4) is 0 Å². The summed E-state index contributed by atoms with van der Waals surface area (Å²) in [6.45, 7) is 0. The summed E-state index contributed by atoms with van der Waals surface area (Å²) in [6.07, 6.45) is -0.363. The minimum absolute atomic E-state index is 0.0378. The van der Waals surface area contributed by atoms with Gasteiger partial charge in [-0.15, -0.1) is 0 Å². The summed E-state index contributed by atoms with van der Waals surface area (Å²) < 4.78 is 15.6. The molecule has 0 amide bonds. The fourth-order valence-electron chi connectivity index (χ4n) is 5.64. The molecule has 0 spiro atoms. The van der Waals surface area contributed by atoms with Crippen LogP contribution in [0.5, 0.6) is 11.5 Å². The third-order valence-corrected chi connectivity index (χ3v) is 7.39. The van der Waals surface area contributed by atoms with Gasteiger partial charge in [-0.1, -0.05) is 54.6 Å².